The molecule has 138 valence electrons. The Bertz CT molecular complexity index is 781. The summed E-state index contributed by atoms with van der Waals surface area (Å²) in [5, 5.41) is 11.0. The minimum Gasteiger partial charge on any atom is -0.392 e. The molecular formula is C19H29N3O2S. The van der Waals surface area contributed by atoms with Gasteiger partial charge in [-0.25, -0.2) is 4.98 Å². The maximum atomic E-state index is 12.7. The zero-order valence-electron chi connectivity index (χ0n) is 15.5. The van der Waals surface area contributed by atoms with Gasteiger partial charge in [-0.3, -0.25) is 9.69 Å². The summed E-state index contributed by atoms with van der Waals surface area (Å²) < 4.78 is 0. The molecule has 5 nitrogen and oxygen atoms in total. The zero-order chi connectivity index (χ0) is 18.0. The molecule has 0 amide bonds. The van der Waals surface area contributed by atoms with Gasteiger partial charge in [0.15, 0.2) is 0 Å². The Balaban J connectivity index is 1.86. The molecule has 0 fully saturated rings. The SMILES string of the molecule is CCC[C@@H](O)CN(Cc1nc2sc3c(c2c(=O)[nH]1)CCCC3)C(C)C. The van der Waals surface area contributed by atoms with Crippen LogP contribution in [-0.4, -0.2) is 38.7 Å². The highest BCUT2D eigenvalue weighted by atomic mass is 32.1. The topological polar surface area (TPSA) is 69.2 Å². The summed E-state index contributed by atoms with van der Waals surface area (Å²) in [6.45, 7) is 7.47. The second kappa shape index (κ2) is 7.98. The van der Waals surface area contributed by atoms with Crippen LogP contribution in [0, 0.1) is 0 Å². The fourth-order valence-electron chi connectivity index (χ4n) is 3.63. The quantitative estimate of drug-likeness (QED) is 0.792. The average molecular weight is 364 g/mol. The number of thiophene rings is 1. The molecule has 0 aromatic carbocycles. The predicted octanol–water partition coefficient (Wildman–Crippen LogP) is 3.23. The minimum atomic E-state index is -0.336. The van der Waals surface area contributed by atoms with Crippen molar-refractivity contribution in [3.8, 4) is 0 Å². The molecule has 0 bridgehead atoms. The van der Waals surface area contributed by atoms with E-state index in [-0.39, 0.29) is 17.7 Å². The number of hydrogen-bond acceptors (Lipinski definition) is 5. The summed E-state index contributed by atoms with van der Waals surface area (Å²) in [6, 6.07) is 0.282. The maximum absolute atomic E-state index is 12.7. The standard InChI is InChI=1S/C19H29N3O2S/c1-4-7-13(23)10-22(12(2)3)11-16-20-18(24)17-14-8-5-6-9-15(14)25-19(17)21-16/h12-13,23H,4-11H2,1-3H3,(H,20,21,24)/t13-/m1/s1. The molecule has 0 saturated heterocycles. The maximum Gasteiger partial charge on any atom is 0.259 e. The molecule has 3 rings (SSSR count). The first-order valence-electron chi connectivity index (χ1n) is 9.45. The molecule has 25 heavy (non-hydrogen) atoms. The van der Waals surface area contributed by atoms with E-state index in [9.17, 15) is 9.90 Å². The van der Waals surface area contributed by atoms with E-state index in [2.05, 4.69) is 30.7 Å². The van der Waals surface area contributed by atoms with E-state index in [1.54, 1.807) is 11.3 Å². The van der Waals surface area contributed by atoms with Gasteiger partial charge in [0.05, 0.1) is 18.0 Å². The average Bonchev–Trinajstić information content (AvgIpc) is 2.93. The Morgan fingerprint density at radius 2 is 2.08 bits per heavy atom. The van der Waals surface area contributed by atoms with Crippen molar-refractivity contribution in [3.63, 3.8) is 0 Å². The lowest BCUT2D eigenvalue weighted by molar-refractivity contribution is 0.0828. The molecule has 2 aromatic heterocycles. The number of aromatic amines is 1. The van der Waals surface area contributed by atoms with Crippen molar-refractivity contribution in [1.82, 2.24) is 14.9 Å². The Morgan fingerprint density at radius 3 is 2.80 bits per heavy atom. The lowest BCUT2D eigenvalue weighted by atomic mass is 9.97. The Hall–Kier alpha value is -1.24. The zero-order valence-corrected chi connectivity index (χ0v) is 16.3. The smallest absolute Gasteiger partial charge is 0.259 e. The largest absolute Gasteiger partial charge is 0.392 e. The lowest BCUT2D eigenvalue weighted by Gasteiger charge is -2.28. The highest BCUT2D eigenvalue weighted by Gasteiger charge is 2.21. The van der Waals surface area contributed by atoms with Gasteiger partial charge in [-0.05, 0) is 51.5 Å². The molecule has 2 heterocycles. The van der Waals surface area contributed by atoms with Gasteiger partial charge in [0.25, 0.3) is 5.56 Å². The van der Waals surface area contributed by atoms with Crippen LogP contribution in [0.2, 0.25) is 0 Å². The predicted molar refractivity (Wildman–Crippen MR) is 103 cm³/mol. The van der Waals surface area contributed by atoms with Crippen molar-refractivity contribution in [3.05, 3.63) is 26.6 Å². The van der Waals surface area contributed by atoms with Crippen molar-refractivity contribution in [2.24, 2.45) is 0 Å². The third-order valence-corrected chi connectivity index (χ3v) is 6.21. The highest BCUT2D eigenvalue weighted by Crippen LogP contribution is 2.33. The molecule has 0 unspecified atom stereocenters. The van der Waals surface area contributed by atoms with Crippen molar-refractivity contribution in [2.45, 2.75) is 78.0 Å². The number of nitrogens with one attached hydrogen (secondary N) is 1. The van der Waals surface area contributed by atoms with E-state index in [0.717, 1.165) is 42.3 Å². The molecule has 6 heteroatoms. The summed E-state index contributed by atoms with van der Waals surface area (Å²) in [5.41, 5.74) is 1.22. The van der Waals surface area contributed by atoms with Gasteiger partial charge in [0.2, 0.25) is 0 Å². The summed E-state index contributed by atoms with van der Waals surface area (Å²) in [4.78, 5) is 24.8. The molecule has 2 N–H and O–H groups in total. The highest BCUT2D eigenvalue weighted by molar-refractivity contribution is 7.18. The Morgan fingerprint density at radius 1 is 1.32 bits per heavy atom. The lowest BCUT2D eigenvalue weighted by Crippen LogP contribution is -2.38. The number of aromatic nitrogens is 2. The number of hydrogen-bond donors (Lipinski definition) is 2. The van der Waals surface area contributed by atoms with E-state index in [0.29, 0.717) is 18.9 Å². The first-order valence-corrected chi connectivity index (χ1v) is 10.3. The molecule has 0 radical (unpaired) electrons. The molecule has 1 atom stereocenters. The van der Waals surface area contributed by atoms with Gasteiger partial charge in [-0.1, -0.05) is 13.3 Å². The van der Waals surface area contributed by atoms with Crippen LogP contribution in [0.4, 0.5) is 0 Å². The van der Waals surface area contributed by atoms with Crippen LogP contribution in [0.25, 0.3) is 10.2 Å². The van der Waals surface area contributed by atoms with Crippen LogP contribution in [0.1, 0.15) is 62.7 Å². The Labute approximate surface area is 153 Å². The second-order valence-electron chi connectivity index (χ2n) is 7.37. The van der Waals surface area contributed by atoms with Gasteiger partial charge >= 0.3 is 0 Å². The van der Waals surface area contributed by atoms with Crippen molar-refractivity contribution >= 4 is 21.6 Å². The third-order valence-electron chi connectivity index (χ3n) is 5.02. The third kappa shape index (κ3) is 4.13. The fraction of sp³-hybridized carbons (Fsp3) is 0.684. The number of aliphatic hydroxyl groups excluding tert-OH is 1. The van der Waals surface area contributed by atoms with E-state index < -0.39 is 0 Å². The van der Waals surface area contributed by atoms with E-state index in [1.807, 2.05) is 0 Å². The normalized spacial score (nSPS) is 15.9. The van der Waals surface area contributed by atoms with Gasteiger partial charge in [0.1, 0.15) is 10.7 Å². The molecule has 0 aliphatic heterocycles. The van der Waals surface area contributed by atoms with E-state index in [1.165, 1.54) is 16.9 Å². The van der Waals surface area contributed by atoms with Gasteiger partial charge in [0, 0.05) is 17.5 Å². The fourth-order valence-corrected chi connectivity index (χ4v) is 4.91. The summed E-state index contributed by atoms with van der Waals surface area (Å²) in [7, 11) is 0. The van der Waals surface area contributed by atoms with Crippen molar-refractivity contribution in [2.75, 3.05) is 6.54 Å². The van der Waals surface area contributed by atoms with Crippen LogP contribution < -0.4 is 5.56 Å². The van der Waals surface area contributed by atoms with Crippen LogP contribution in [0.5, 0.6) is 0 Å². The summed E-state index contributed by atoms with van der Waals surface area (Å²) >= 11 is 1.69. The molecule has 1 aliphatic rings. The van der Waals surface area contributed by atoms with Gasteiger partial charge in [-0.15, -0.1) is 11.3 Å². The van der Waals surface area contributed by atoms with E-state index in [4.69, 9.17) is 4.98 Å². The first-order chi connectivity index (χ1) is 12.0. The molecule has 0 saturated carbocycles. The van der Waals surface area contributed by atoms with Gasteiger partial charge in [-0.2, -0.15) is 0 Å². The van der Waals surface area contributed by atoms with Crippen molar-refractivity contribution < 1.29 is 5.11 Å². The van der Waals surface area contributed by atoms with Crippen LogP contribution in [-0.2, 0) is 19.4 Å². The summed E-state index contributed by atoms with van der Waals surface area (Å²) in [5.74, 6) is 0.702. The molecule has 1 aliphatic carbocycles. The Kier molecular flexibility index (Phi) is 5.92. The molecular weight excluding hydrogens is 334 g/mol. The minimum absolute atomic E-state index is 0.00258. The number of nitrogens with zero attached hydrogens (tertiary/aromatic N) is 2. The monoisotopic (exact) mass is 363 g/mol. The van der Waals surface area contributed by atoms with Crippen molar-refractivity contribution in [1.29, 1.82) is 0 Å². The molecule has 0 spiro atoms. The van der Waals surface area contributed by atoms with Crippen LogP contribution in [0.15, 0.2) is 4.79 Å². The number of aryl methyl sites for hydroxylation is 2. The van der Waals surface area contributed by atoms with E-state index >= 15 is 0 Å². The number of aliphatic hydroxyl groups is 1. The number of H-pyrrole nitrogens is 1. The molecule has 2 aromatic rings. The summed E-state index contributed by atoms with van der Waals surface area (Å²) in [6.07, 6.45) is 5.88. The number of rotatable bonds is 7. The van der Waals surface area contributed by atoms with Crippen LogP contribution >= 0.6 is 11.3 Å². The van der Waals surface area contributed by atoms with Crippen LogP contribution in [0.3, 0.4) is 0 Å². The first kappa shape index (κ1) is 18.5. The van der Waals surface area contributed by atoms with Gasteiger partial charge < -0.3 is 10.1 Å². The second-order valence-corrected chi connectivity index (χ2v) is 8.45. The number of fused-ring (bicyclic) bond motifs is 3.